The highest BCUT2D eigenvalue weighted by Gasteiger charge is 2.30. The lowest BCUT2D eigenvalue weighted by Crippen LogP contribution is -2.52. The molecule has 1 N–H and O–H groups in total. The summed E-state index contributed by atoms with van der Waals surface area (Å²) in [6.45, 7) is 2.23. The Hall–Kier alpha value is -2.34. The van der Waals surface area contributed by atoms with Crippen LogP contribution in [-0.4, -0.2) is 34.6 Å². The molecular formula is C26H33FN2O2S. The number of nitrogens with one attached hydrogen (secondary N) is 1. The maximum atomic E-state index is 13.4. The van der Waals surface area contributed by atoms with Gasteiger partial charge in [0.15, 0.2) is 0 Å². The van der Waals surface area contributed by atoms with Gasteiger partial charge in [-0.25, -0.2) is 4.39 Å². The van der Waals surface area contributed by atoms with E-state index in [0.29, 0.717) is 18.7 Å². The summed E-state index contributed by atoms with van der Waals surface area (Å²) in [5, 5.41) is 3.18. The number of rotatable bonds is 10. The van der Waals surface area contributed by atoms with Gasteiger partial charge >= 0.3 is 0 Å². The molecule has 1 aliphatic rings. The third-order valence-corrected chi connectivity index (χ3v) is 6.93. The van der Waals surface area contributed by atoms with E-state index in [9.17, 15) is 14.0 Å². The third kappa shape index (κ3) is 7.37. The summed E-state index contributed by atoms with van der Waals surface area (Å²) in [5.41, 5.74) is 1.98. The van der Waals surface area contributed by atoms with E-state index in [-0.39, 0.29) is 23.7 Å². The van der Waals surface area contributed by atoms with Gasteiger partial charge in [0.25, 0.3) is 0 Å². The molecule has 4 nitrogen and oxygen atoms in total. The molecule has 0 spiro atoms. The molecule has 0 aliphatic heterocycles. The minimum atomic E-state index is -0.535. The Balaban J connectivity index is 1.69. The van der Waals surface area contributed by atoms with E-state index < -0.39 is 6.04 Å². The van der Waals surface area contributed by atoms with Gasteiger partial charge < -0.3 is 10.2 Å². The molecule has 0 aromatic heterocycles. The van der Waals surface area contributed by atoms with Crippen molar-refractivity contribution in [3.8, 4) is 0 Å². The summed E-state index contributed by atoms with van der Waals surface area (Å²) in [5.74, 6) is 0.571. The first-order chi connectivity index (χ1) is 15.6. The summed E-state index contributed by atoms with van der Waals surface area (Å²) < 4.78 is 13.4. The number of benzene rings is 2. The van der Waals surface area contributed by atoms with Crippen LogP contribution in [0, 0.1) is 5.82 Å². The van der Waals surface area contributed by atoms with Crippen molar-refractivity contribution in [2.45, 2.75) is 69.8 Å². The Morgan fingerprint density at radius 3 is 2.38 bits per heavy atom. The molecule has 0 bridgehead atoms. The minimum Gasteiger partial charge on any atom is -0.352 e. The normalized spacial score (nSPS) is 15.2. The number of amides is 2. The zero-order valence-corrected chi connectivity index (χ0v) is 19.6. The first-order valence-corrected chi connectivity index (χ1v) is 12.7. The molecule has 2 amide bonds. The highest BCUT2D eigenvalue weighted by Crippen LogP contribution is 2.20. The van der Waals surface area contributed by atoms with Crippen LogP contribution < -0.4 is 5.32 Å². The zero-order chi connectivity index (χ0) is 22.8. The summed E-state index contributed by atoms with van der Waals surface area (Å²) in [7, 11) is 0. The van der Waals surface area contributed by atoms with Gasteiger partial charge in [0.05, 0.1) is 5.75 Å². The first-order valence-electron chi connectivity index (χ1n) is 11.5. The second kappa shape index (κ2) is 12.6. The SMILES string of the molecule is CC[C@H](C(=O)NC1CCCCC1)N(Cc1ccc(F)cc1)C(=O)CSCc1ccccc1. The minimum absolute atomic E-state index is 0.0686. The van der Waals surface area contributed by atoms with Gasteiger partial charge in [-0.1, -0.05) is 68.7 Å². The number of carbonyl (C=O) groups excluding carboxylic acids is 2. The van der Waals surface area contributed by atoms with Gasteiger partial charge in [-0.3, -0.25) is 9.59 Å². The van der Waals surface area contributed by atoms with E-state index in [2.05, 4.69) is 5.32 Å². The van der Waals surface area contributed by atoms with Gasteiger partial charge in [-0.2, -0.15) is 0 Å². The van der Waals surface area contributed by atoms with Gasteiger partial charge in [-0.05, 0) is 42.5 Å². The molecule has 0 unspecified atom stereocenters. The molecule has 1 fully saturated rings. The molecular weight excluding hydrogens is 423 g/mol. The molecule has 1 aliphatic carbocycles. The van der Waals surface area contributed by atoms with Crippen LogP contribution in [0.15, 0.2) is 54.6 Å². The Morgan fingerprint density at radius 2 is 1.72 bits per heavy atom. The second-order valence-electron chi connectivity index (χ2n) is 8.39. The van der Waals surface area contributed by atoms with Crippen LogP contribution in [0.25, 0.3) is 0 Å². The van der Waals surface area contributed by atoms with Crippen LogP contribution in [0.1, 0.15) is 56.6 Å². The van der Waals surface area contributed by atoms with Gasteiger partial charge in [0.2, 0.25) is 11.8 Å². The zero-order valence-electron chi connectivity index (χ0n) is 18.8. The predicted molar refractivity (Wildman–Crippen MR) is 129 cm³/mol. The topological polar surface area (TPSA) is 49.4 Å². The molecule has 0 heterocycles. The van der Waals surface area contributed by atoms with E-state index in [1.54, 1.807) is 28.8 Å². The predicted octanol–water partition coefficient (Wildman–Crippen LogP) is 5.32. The number of thioether (sulfide) groups is 1. The molecule has 172 valence electrons. The maximum Gasteiger partial charge on any atom is 0.243 e. The van der Waals surface area contributed by atoms with E-state index >= 15 is 0 Å². The molecule has 0 saturated heterocycles. The Bertz CT molecular complexity index is 854. The van der Waals surface area contributed by atoms with Gasteiger partial charge in [-0.15, -0.1) is 11.8 Å². The van der Waals surface area contributed by atoms with Crippen LogP contribution in [0.2, 0.25) is 0 Å². The molecule has 0 radical (unpaired) electrons. The highest BCUT2D eigenvalue weighted by atomic mass is 32.2. The maximum absolute atomic E-state index is 13.4. The van der Waals surface area contributed by atoms with Gasteiger partial charge in [0, 0.05) is 18.3 Å². The van der Waals surface area contributed by atoms with Crippen molar-refractivity contribution >= 4 is 23.6 Å². The summed E-state index contributed by atoms with van der Waals surface area (Å²) in [6.07, 6.45) is 6.03. The number of hydrogen-bond donors (Lipinski definition) is 1. The first kappa shape index (κ1) is 24.3. The fourth-order valence-corrected chi connectivity index (χ4v) is 5.03. The van der Waals surface area contributed by atoms with Crippen LogP contribution in [-0.2, 0) is 21.9 Å². The van der Waals surface area contributed by atoms with Crippen LogP contribution in [0.3, 0.4) is 0 Å². The van der Waals surface area contributed by atoms with Crippen molar-refractivity contribution in [1.29, 1.82) is 0 Å². The summed E-state index contributed by atoms with van der Waals surface area (Å²) in [6, 6.07) is 15.8. The average molecular weight is 457 g/mol. The molecule has 1 saturated carbocycles. The summed E-state index contributed by atoms with van der Waals surface area (Å²) in [4.78, 5) is 28.1. The lowest BCUT2D eigenvalue weighted by atomic mass is 9.95. The smallest absolute Gasteiger partial charge is 0.243 e. The monoisotopic (exact) mass is 456 g/mol. The lowest BCUT2D eigenvalue weighted by molar-refractivity contribution is -0.139. The van der Waals surface area contributed by atoms with E-state index in [0.717, 1.165) is 42.6 Å². The summed E-state index contributed by atoms with van der Waals surface area (Å²) >= 11 is 1.55. The Kier molecular flexibility index (Phi) is 9.60. The second-order valence-corrected chi connectivity index (χ2v) is 9.38. The van der Waals surface area contributed by atoms with Crippen molar-refractivity contribution in [2.75, 3.05) is 5.75 Å². The van der Waals surface area contributed by atoms with Crippen LogP contribution in [0.5, 0.6) is 0 Å². The fraction of sp³-hybridized carbons (Fsp3) is 0.462. The van der Waals surface area contributed by atoms with Crippen molar-refractivity contribution in [2.24, 2.45) is 0 Å². The molecule has 2 aromatic rings. The van der Waals surface area contributed by atoms with E-state index in [1.165, 1.54) is 18.6 Å². The Morgan fingerprint density at radius 1 is 1.03 bits per heavy atom. The third-order valence-electron chi connectivity index (χ3n) is 5.94. The molecule has 2 aromatic carbocycles. The molecule has 3 rings (SSSR count). The van der Waals surface area contributed by atoms with Crippen molar-refractivity contribution in [1.82, 2.24) is 10.2 Å². The fourth-order valence-electron chi connectivity index (χ4n) is 4.16. The van der Waals surface area contributed by atoms with Crippen molar-refractivity contribution in [3.63, 3.8) is 0 Å². The Labute approximate surface area is 195 Å². The van der Waals surface area contributed by atoms with Crippen LogP contribution in [0.4, 0.5) is 4.39 Å². The molecule has 32 heavy (non-hydrogen) atoms. The number of carbonyl (C=O) groups is 2. The highest BCUT2D eigenvalue weighted by molar-refractivity contribution is 7.99. The standard InChI is InChI=1S/C26H33FN2O2S/c1-2-24(26(31)28-23-11-7-4-8-12-23)29(17-20-13-15-22(27)16-14-20)25(30)19-32-18-21-9-5-3-6-10-21/h3,5-6,9-10,13-16,23-24H,2,4,7-8,11-12,17-19H2,1H3,(H,28,31)/t24-/m1/s1. The van der Waals surface area contributed by atoms with Crippen molar-refractivity contribution in [3.05, 3.63) is 71.5 Å². The van der Waals surface area contributed by atoms with E-state index in [4.69, 9.17) is 0 Å². The quantitative estimate of drug-likeness (QED) is 0.527. The van der Waals surface area contributed by atoms with E-state index in [1.807, 2.05) is 37.3 Å². The molecule has 1 atom stereocenters. The average Bonchev–Trinajstić information content (AvgIpc) is 2.81. The number of hydrogen-bond acceptors (Lipinski definition) is 3. The number of halogens is 1. The largest absolute Gasteiger partial charge is 0.352 e. The van der Waals surface area contributed by atoms with Gasteiger partial charge in [0.1, 0.15) is 11.9 Å². The molecule has 6 heteroatoms. The van der Waals surface area contributed by atoms with Crippen molar-refractivity contribution < 1.29 is 14.0 Å². The number of nitrogens with zero attached hydrogens (tertiary/aromatic N) is 1. The van der Waals surface area contributed by atoms with Crippen LogP contribution >= 0.6 is 11.8 Å². The lowest BCUT2D eigenvalue weighted by Gasteiger charge is -2.32.